The van der Waals surface area contributed by atoms with E-state index >= 15 is 0 Å². The maximum atomic E-state index is 11.6. The molecule has 3 nitrogen and oxygen atoms in total. The molecule has 1 aliphatic heterocycles. The molecule has 0 aliphatic carbocycles. The summed E-state index contributed by atoms with van der Waals surface area (Å²) in [7, 11) is 0. The fourth-order valence-corrected chi connectivity index (χ4v) is 1.76. The zero-order valence-electron chi connectivity index (χ0n) is 9.03. The molecule has 0 spiro atoms. The highest BCUT2D eigenvalue weighted by Gasteiger charge is 2.22. The van der Waals surface area contributed by atoms with Crippen molar-refractivity contribution in [2.24, 2.45) is 11.8 Å². The lowest BCUT2D eigenvalue weighted by Crippen LogP contribution is -2.39. The van der Waals surface area contributed by atoms with Crippen LogP contribution in [0.4, 0.5) is 0 Å². The van der Waals surface area contributed by atoms with Gasteiger partial charge >= 0.3 is 0 Å². The summed E-state index contributed by atoms with van der Waals surface area (Å²) < 4.78 is 0. The van der Waals surface area contributed by atoms with Gasteiger partial charge in [0.15, 0.2) is 0 Å². The van der Waals surface area contributed by atoms with E-state index in [-0.39, 0.29) is 11.8 Å². The van der Waals surface area contributed by atoms with E-state index in [1.54, 1.807) is 0 Å². The molecule has 1 fully saturated rings. The molecule has 0 radical (unpaired) electrons. The fourth-order valence-electron chi connectivity index (χ4n) is 1.76. The van der Waals surface area contributed by atoms with Crippen LogP contribution in [0.25, 0.3) is 0 Å². The third-order valence-corrected chi connectivity index (χ3v) is 2.67. The lowest BCUT2D eigenvalue weighted by atomic mass is 9.98. The van der Waals surface area contributed by atoms with Gasteiger partial charge in [0.05, 0.1) is 0 Å². The molecule has 1 saturated heterocycles. The maximum Gasteiger partial charge on any atom is 0.222 e. The van der Waals surface area contributed by atoms with E-state index in [1.165, 1.54) is 0 Å². The lowest BCUT2D eigenvalue weighted by molar-refractivity contribution is -0.134. The Bertz CT molecular complexity index is 205. The molecule has 3 heteroatoms. The van der Waals surface area contributed by atoms with Crippen LogP contribution in [0.15, 0.2) is 0 Å². The van der Waals surface area contributed by atoms with Crippen LogP contribution in [0.2, 0.25) is 0 Å². The number of nitrogens with zero attached hydrogens (tertiary/aromatic N) is 1. The highest BCUT2D eigenvalue weighted by Crippen LogP contribution is 2.16. The Labute approximate surface area is 85.5 Å². The molecule has 0 aromatic heterocycles. The molecule has 0 saturated carbocycles. The average molecular weight is 197 g/mol. The first-order valence-electron chi connectivity index (χ1n) is 5.36. The van der Waals surface area contributed by atoms with Crippen LogP contribution in [0.3, 0.4) is 0 Å². The summed E-state index contributed by atoms with van der Waals surface area (Å²) >= 11 is 0. The van der Waals surface area contributed by atoms with Gasteiger partial charge in [0, 0.05) is 25.4 Å². The van der Waals surface area contributed by atoms with Crippen molar-refractivity contribution in [3.05, 3.63) is 0 Å². The first-order valence-corrected chi connectivity index (χ1v) is 5.36. The van der Waals surface area contributed by atoms with E-state index in [2.05, 4.69) is 13.8 Å². The minimum Gasteiger partial charge on any atom is -0.343 e. The van der Waals surface area contributed by atoms with Crippen LogP contribution in [-0.4, -0.2) is 30.2 Å². The SMILES string of the molecule is CC(C)CC(=O)N1CCC(C=O)CC1. The minimum absolute atomic E-state index is 0.179. The van der Waals surface area contributed by atoms with Gasteiger partial charge in [-0.05, 0) is 18.8 Å². The summed E-state index contributed by atoms with van der Waals surface area (Å²) in [6.45, 7) is 5.62. The molecule has 0 bridgehead atoms. The number of rotatable bonds is 3. The van der Waals surface area contributed by atoms with Crippen LogP contribution in [-0.2, 0) is 9.59 Å². The number of amides is 1. The zero-order valence-corrected chi connectivity index (χ0v) is 9.03. The van der Waals surface area contributed by atoms with E-state index in [0.29, 0.717) is 12.3 Å². The molecule has 80 valence electrons. The van der Waals surface area contributed by atoms with Gasteiger partial charge in [0.1, 0.15) is 6.29 Å². The van der Waals surface area contributed by atoms with E-state index in [0.717, 1.165) is 32.2 Å². The number of hydrogen-bond donors (Lipinski definition) is 0. The molecule has 0 aromatic carbocycles. The highest BCUT2D eigenvalue weighted by atomic mass is 16.2. The second-order valence-electron chi connectivity index (χ2n) is 4.45. The van der Waals surface area contributed by atoms with Gasteiger partial charge < -0.3 is 9.69 Å². The van der Waals surface area contributed by atoms with E-state index in [1.807, 2.05) is 4.90 Å². The van der Waals surface area contributed by atoms with Crippen molar-refractivity contribution >= 4 is 12.2 Å². The molecule has 14 heavy (non-hydrogen) atoms. The number of carbonyl (C=O) groups is 2. The summed E-state index contributed by atoms with van der Waals surface area (Å²) in [6, 6.07) is 0. The average Bonchev–Trinajstić information content (AvgIpc) is 2.17. The topological polar surface area (TPSA) is 37.4 Å². The van der Waals surface area contributed by atoms with Crippen molar-refractivity contribution in [2.75, 3.05) is 13.1 Å². The predicted octanol–water partition coefficient (Wildman–Crippen LogP) is 1.47. The lowest BCUT2D eigenvalue weighted by Gasteiger charge is -2.30. The van der Waals surface area contributed by atoms with Crippen molar-refractivity contribution < 1.29 is 9.59 Å². The van der Waals surface area contributed by atoms with Gasteiger partial charge in [-0.25, -0.2) is 0 Å². The van der Waals surface area contributed by atoms with Crippen LogP contribution in [0, 0.1) is 11.8 Å². The van der Waals surface area contributed by atoms with E-state index < -0.39 is 0 Å². The van der Waals surface area contributed by atoms with Crippen LogP contribution in [0.5, 0.6) is 0 Å². The van der Waals surface area contributed by atoms with Crippen molar-refractivity contribution in [1.29, 1.82) is 0 Å². The van der Waals surface area contributed by atoms with Gasteiger partial charge in [0.2, 0.25) is 5.91 Å². The summed E-state index contributed by atoms with van der Waals surface area (Å²) in [5.74, 6) is 0.841. The molecule has 0 aromatic rings. The van der Waals surface area contributed by atoms with E-state index in [4.69, 9.17) is 0 Å². The van der Waals surface area contributed by atoms with Crippen LogP contribution >= 0.6 is 0 Å². The summed E-state index contributed by atoms with van der Waals surface area (Å²) in [5, 5.41) is 0. The quantitative estimate of drug-likeness (QED) is 0.642. The Kier molecular flexibility index (Phi) is 4.11. The largest absolute Gasteiger partial charge is 0.343 e. The Hall–Kier alpha value is -0.860. The Morgan fingerprint density at radius 1 is 1.43 bits per heavy atom. The van der Waals surface area contributed by atoms with Crippen LogP contribution in [0.1, 0.15) is 33.1 Å². The van der Waals surface area contributed by atoms with Gasteiger partial charge in [-0.15, -0.1) is 0 Å². The fraction of sp³-hybridized carbons (Fsp3) is 0.818. The van der Waals surface area contributed by atoms with Gasteiger partial charge in [-0.2, -0.15) is 0 Å². The molecule has 1 aliphatic rings. The first-order chi connectivity index (χ1) is 6.63. The van der Waals surface area contributed by atoms with Crippen LogP contribution < -0.4 is 0 Å². The highest BCUT2D eigenvalue weighted by molar-refractivity contribution is 5.76. The summed E-state index contributed by atoms with van der Waals surface area (Å²) in [6.07, 6.45) is 3.33. The third kappa shape index (κ3) is 3.13. The predicted molar refractivity (Wildman–Crippen MR) is 54.8 cm³/mol. The van der Waals surface area contributed by atoms with Crippen molar-refractivity contribution in [3.63, 3.8) is 0 Å². The van der Waals surface area contributed by atoms with Gasteiger partial charge in [-0.3, -0.25) is 4.79 Å². The molecule has 0 unspecified atom stereocenters. The first kappa shape index (κ1) is 11.2. The molecule has 1 heterocycles. The maximum absolute atomic E-state index is 11.6. The Morgan fingerprint density at radius 3 is 2.43 bits per heavy atom. The van der Waals surface area contributed by atoms with Gasteiger partial charge in [0.25, 0.3) is 0 Å². The normalized spacial score (nSPS) is 18.6. The minimum atomic E-state index is 0.179. The summed E-state index contributed by atoms with van der Waals surface area (Å²) in [4.78, 5) is 24.0. The van der Waals surface area contributed by atoms with Crippen molar-refractivity contribution in [3.8, 4) is 0 Å². The molecule has 0 N–H and O–H groups in total. The molecule has 0 atom stereocenters. The number of hydrogen-bond acceptors (Lipinski definition) is 2. The number of aldehydes is 1. The van der Waals surface area contributed by atoms with E-state index in [9.17, 15) is 9.59 Å². The zero-order chi connectivity index (χ0) is 10.6. The number of piperidine rings is 1. The molecule has 1 amide bonds. The number of likely N-dealkylation sites (tertiary alicyclic amines) is 1. The summed E-state index contributed by atoms with van der Waals surface area (Å²) in [5.41, 5.74) is 0. The third-order valence-electron chi connectivity index (χ3n) is 2.67. The molecule has 1 rings (SSSR count). The number of carbonyl (C=O) groups excluding carboxylic acids is 2. The molecular formula is C11H19NO2. The second kappa shape index (κ2) is 5.13. The van der Waals surface area contributed by atoms with Gasteiger partial charge in [-0.1, -0.05) is 13.8 Å². The van der Waals surface area contributed by atoms with Crippen molar-refractivity contribution in [2.45, 2.75) is 33.1 Å². The standard InChI is InChI=1S/C11H19NO2/c1-9(2)7-11(14)12-5-3-10(8-13)4-6-12/h8-10H,3-7H2,1-2H3. The second-order valence-corrected chi connectivity index (χ2v) is 4.45. The Balaban J connectivity index is 2.34. The Morgan fingerprint density at radius 2 is 2.00 bits per heavy atom. The molecular weight excluding hydrogens is 178 g/mol. The smallest absolute Gasteiger partial charge is 0.222 e. The van der Waals surface area contributed by atoms with Crippen molar-refractivity contribution in [1.82, 2.24) is 4.90 Å². The monoisotopic (exact) mass is 197 g/mol.